The largest absolute Gasteiger partial charge is 0.456 e. The van der Waals surface area contributed by atoms with Crippen molar-refractivity contribution in [3.05, 3.63) is 163 Å². The number of rotatable bonds is 4. The minimum atomic E-state index is -0.0397. The van der Waals surface area contributed by atoms with Crippen molar-refractivity contribution in [2.24, 2.45) is 0 Å². The second-order valence-electron chi connectivity index (χ2n) is 14.4. The summed E-state index contributed by atoms with van der Waals surface area (Å²) in [4.78, 5) is 15.4. The monoisotopic (exact) mass is 681 g/mol. The van der Waals surface area contributed by atoms with Crippen molar-refractivity contribution >= 4 is 43.9 Å². The van der Waals surface area contributed by atoms with Crippen LogP contribution in [-0.4, -0.2) is 15.0 Å². The predicted molar refractivity (Wildman–Crippen MR) is 214 cm³/mol. The van der Waals surface area contributed by atoms with Crippen LogP contribution in [0.5, 0.6) is 0 Å². The zero-order chi connectivity index (χ0) is 35.3. The first-order chi connectivity index (χ1) is 26.0. The Kier molecular flexibility index (Phi) is 6.23. The molecule has 0 saturated heterocycles. The average Bonchev–Trinajstić information content (AvgIpc) is 3.85. The van der Waals surface area contributed by atoms with Crippen LogP contribution in [-0.2, 0) is 5.41 Å². The highest BCUT2D eigenvalue weighted by atomic mass is 16.3. The Balaban J connectivity index is 1.11. The number of fused-ring (bicyclic) bond motifs is 9. The molecule has 0 spiro atoms. The summed E-state index contributed by atoms with van der Waals surface area (Å²) in [7, 11) is 0. The van der Waals surface area contributed by atoms with Gasteiger partial charge in [-0.25, -0.2) is 15.0 Å². The molecule has 10 aromatic rings. The summed E-state index contributed by atoms with van der Waals surface area (Å²) in [6.45, 7) is 4.63. The van der Waals surface area contributed by atoms with Crippen LogP contribution in [0.4, 0.5) is 0 Å². The summed E-state index contributed by atoms with van der Waals surface area (Å²) in [5, 5.41) is 4.06. The first-order valence-corrected chi connectivity index (χ1v) is 17.9. The summed E-state index contributed by atoms with van der Waals surface area (Å²) < 4.78 is 12.9. The van der Waals surface area contributed by atoms with Gasteiger partial charge in [0.2, 0.25) is 0 Å². The van der Waals surface area contributed by atoms with Crippen molar-refractivity contribution in [2.75, 3.05) is 0 Å². The molecule has 1 aliphatic rings. The third-order valence-electron chi connectivity index (χ3n) is 11.0. The van der Waals surface area contributed by atoms with E-state index in [4.69, 9.17) is 23.8 Å². The van der Waals surface area contributed by atoms with Gasteiger partial charge in [0.25, 0.3) is 0 Å². The van der Waals surface area contributed by atoms with Gasteiger partial charge in [-0.05, 0) is 69.8 Å². The molecular formula is C48H31N3O2. The average molecular weight is 682 g/mol. The molecule has 3 heterocycles. The molecule has 0 atom stereocenters. The maximum atomic E-state index is 6.49. The Morgan fingerprint density at radius 3 is 1.92 bits per heavy atom. The van der Waals surface area contributed by atoms with Gasteiger partial charge in [0.1, 0.15) is 22.3 Å². The molecule has 1 aliphatic carbocycles. The summed E-state index contributed by atoms with van der Waals surface area (Å²) in [6, 6.07) is 52.5. The second-order valence-corrected chi connectivity index (χ2v) is 14.4. The molecule has 7 aromatic carbocycles. The SMILES string of the molecule is CC1(C)c2ccccc2-c2cc(-c3ccc4oc5cccc(-c6nc(-c7ccccc7)nc(-c7cccc8c7oc7ccccc78)n6)c5c4c3)ccc21. The Morgan fingerprint density at radius 1 is 0.396 bits per heavy atom. The lowest BCUT2D eigenvalue weighted by Crippen LogP contribution is -2.14. The summed E-state index contributed by atoms with van der Waals surface area (Å²) >= 11 is 0. The van der Waals surface area contributed by atoms with E-state index >= 15 is 0 Å². The number of hydrogen-bond acceptors (Lipinski definition) is 5. The molecule has 53 heavy (non-hydrogen) atoms. The van der Waals surface area contributed by atoms with Crippen molar-refractivity contribution in [3.63, 3.8) is 0 Å². The summed E-state index contributed by atoms with van der Waals surface area (Å²) in [6.07, 6.45) is 0. The van der Waals surface area contributed by atoms with Crippen molar-refractivity contribution in [1.82, 2.24) is 15.0 Å². The normalized spacial score (nSPS) is 13.2. The van der Waals surface area contributed by atoms with Gasteiger partial charge >= 0.3 is 0 Å². The Labute approximate surface area is 305 Å². The zero-order valence-electron chi connectivity index (χ0n) is 29.1. The van der Waals surface area contributed by atoms with E-state index in [2.05, 4.69) is 92.7 Å². The van der Waals surface area contributed by atoms with E-state index in [1.165, 1.54) is 22.3 Å². The fourth-order valence-corrected chi connectivity index (χ4v) is 8.35. The topological polar surface area (TPSA) is 65.0 Å². The lowest BCUT2D eigenvalue weighted by molar-refractivity contribution is 0.660. The zero-order valence-corrected chi connectivity index (χ0v) is 29.1. The first kappa shape index (κ1) is 29.8. The van der Waals surface area contributed by atoms with Gasteiger partial charge in [-0.15, -0.1) is 0 Å². The molecule has 5 heteroatoms. The molecular weight excluding hydrogens is 651 g/mol. The molecule has 250 valence electrons. The lowest BCUT2D eigenvalue weighted by Gasteiger charge is -2.21. The molecule has 0 fully saturated rings. The third-order valence-corrected chi connectivity index (χ3v) is 11.0. The smallest absolute Gasteiger partial charge is 0.167 e. The van der Waals surface area contributed by atoms with Crippen molar-refractivity contribution in [1.29, 1.82) is 0 Å². The van der Waals surface area contributed by atoms with Gasteiger partial charge in [-0.2, -0.15) is 0 Å². The number of benzene rings is 7. The van der Waals surface area contributed by atoms with E-state index in [0.29, 0.717) is 17.5 Å². The number of aromatic nitrogens is 3. The fraction of sp³-hybridized carbons (Fsp3) is 0.0625. The Bertz CT molecular complexity index is 3100. The van der Waals surface area contributed by atoms with E-state index in [1.54, 1.807) is 0 Å². The molecule has 5 nitrogen and oxygen atoms in total. The lowest BCUT2D eigenvalue weighted by atomic mass is 9.82. The van der Waals surface area contributed by atoms with E-state index in [0.717, 1.165) is 71.7 Å². The van der Waals surface area contributed by atoms with Crippen LogP contribution in [0.15, 0.2) is 160 Å². The van der Waals surface area contributed by atoms with Crippen LogP contribution in [0.25, 0.3) is 100 Å². The highest BCUT2D eigenvalue weighted by Crippen LogP contribution is 2.50. The van der Waals surface area contributed by atoms with Crippen LogP contribution >= 0.6 is 0 Å². The van der Waals surface area contributed by atoms with Crippen molar-refractivity contribution in [3.8, 4) is 56.4 Å². The first-order valence-electron chi connectivity index (χ1n) is 17.9. The molecule has 0 bridgehead atoms. The number of para-hydroxylation sites is 2. The van der Waals surface area contributed by atoms with Crippen molar-refractivity contribution in [2.45, 2.75) is 19.3 Å². The maximum Gasteiger partial charge on any atom is 0.167 e. The van der Waals surface area contributed by atoms with E-state index in [9.17, 15) is 0 Å². The number of hydrogen-bond donors (Lipinski definition) is 0. The van der Waals surface area contributed by atoms with E-state index in [1.807, 2.05) is 72.8 Å². The van der Waals surface area contributed by atoms with Gasteiger partial charge < -0.3 is 8.83 Å². The van der Waals surface area contributed by atoms with Gasteiger partial charge in [0, 0.05) is 38.1 Å². The molecule has 0 saturated carbocycles. The van der Waals surface area contributed by atoms with Gasteiger partial charge in [0.05, 0.1) is 5.56 Å². The fourth-order valence-electron chi connectivity index (χ4n) is 8.35. The number of nitrogens with zero attached hydrogens (tertiary/aromatic N) is 3. The van der Waals surface area contributed by atoms with Crippen LogP contribution in [0, 0.1) is 0 Å². The Hall–Kier alpha value is -6.85. The van der Waals surface area contributed by atoms with E-state index < -0.39 is 0 Å². The van der Waals surface area contributed by atoms with Gasteiger partial charge in [0.15, 0.2) is 17.5 Å². The maximum absolute atomic E-state index is 6.49. The minimum absolute atomic E-state index is 0.0397. The highest BCUT2D eigenvalue weighted by Gasteiger charge is 2.35. The number of furan rings is 2. The quantitative estimate of drug-likeness (QED) is 0.185. The minimum Gasteiger partial charge on any atom is -0.456 e. The van der Waals surface area contributed by atoms with Crippen LogP contribution in [0.3, 0.4) is 0 Å². The predicted octanol–water partition coefficient (Wildman–Crippen LogP) is 12.6. The van der Waals surface area contributed by atoms with Gasteiger partial charge in [-0.3, -0.25) is 0 Å². The molecule has 3 aromatic heterocycles. The summed E-state index contributed by atoms with van der Waals surface area (Å²) in [5.74, 6) is 1.70. The molecule has 0 radical (unpaired) electrons. The summed E-state index contributed by atoms with van der Waals surface area (Å²) in [5.41, 5.74) is 13.4. The standard InChI is InChI=1S/C48H31N3O2/c1-48(2)38-19-8-6-14-31(38)36-26-29(22-24-39(36)48)30-23-25-41-37(27-30)43-34(17-11-21-42(43)52-41)46-49-45(28-12-4-3-5-13-28)50-47(51-46)35-18-10-16-33-32-15-7-9-20-40(32)53-44(33)35/h3-27H,1-2H3. The second kappa shape index (κ2) is 11.1. The van der Waals surface area contributed by atoms with Crippen molar-refractivity contribution < 1.29 is 8.83 Å². The van der Waals surface area contributed by atoms with Crippen LogP contribution in [0.1, 0.15) is 25.0 Å². The highest BCUT2D eigenvalue weighted by molar-refractivity contribution is 6.13. The van der Waals surface area contributed by atoms with Crippen LogP contribution in [0.2, 0.25) is 0 Å². The Morgan fingerprint density at radius 2 is 1.02 bits per heavy atom. The molecule has 0 amide bonds. The third kappa shape index (κ3) is 4.47. The van der Waals surface area contributed by atoms with E-state index in [-0.39, 0.29) is 5.41 Å². The van der Waals surface area contributed by atoms with Gasteiger partial charge in [-0.1, -0.05) is 129 Å². The molecule has 0 aliphatic heterocycles. The van der Waals surface area contributed by atoms with Crippen LogP contribution < -0.4 is 0 Å². The molecule has 0 unspecified atom stereocenters. The molecule has 11 rings (SSSR count). The molecule has 0 N–H and O–H groups in total.